The smallest absolute Gasteiger partial charge is 0.135 e. The summed E-state index contributed by atoms with van der Waals surface area (Å²) >= 11 is 2.21. The lowest BCUT2D eigenvalue weighted by atomic mass is 10.0. The van der Waals surface area contributed by atoms with E-state index in [-0.39, 0.29) is 0 Å². The highest BCUT2D eigenvalue weighted by Crippen LogP contribution is 2.24. The van der Waals surface area contributed by atoms with Crippen LogP contribution in [0.2, 0.25) is 0 Å². The van der Waals surface area contributed by atoms with Gasteiger partial charge >= 0.3 is 0 Å². The summed E-state index contributed by atoms with van der Waals surface area (Å²) in [4.78, 5) is 0. The molecule has 0 saturated heterocycles. The molecular formula is C9H16IN3. The maximum Gasteiger partial charge on any atom is 0.135 e. The minimum Gasteiger partial charge on any atom is -0.383 e. The maximum atomic E-state index is 5.89. The molecule has 2 N–H and O–H groups in total. The normalized spacial score (nSPS) is 15.7. The van der Waals surface area contributed by atoms with Crippen molar-refractivity contribution in [3.8, 4) is 0 Å². The van der Waals surface area contributed by atoms with Crippen LogP contribution in [0.4, 0.5) is 5.82 Å². The minimum absolute atomic E-state index is 0.383. The van der Waals surface area contributed by atoms with E-state index in [2.05, 4.69) is 48.5 Å². The van der Waals surface area contributed by atoms with Crippen molar-refractivity contribution in [3.63, 3.8) is 0 Å². The molecule has 4 heteroatoms. The van der Waals surface area contributed by atoms with Crippen LogP contribution in [0.1, 0.15) is 33.2 Å². The van der Waals surface area contributed by atoms with E-state index in [0.29, 0.717) is 12.0 Å². The van der Waals surface area contributed by atoms with Gasteiger partial charge in [0.05, 0.1) is 15.8 Å². The van der Waals surface area contributed by atoms with Gasteiger partial charge in [-0.2, -0.15) is 5.10 Å². The first kappa shape index (κ1) is 10.8. The topological polar surface area (TPSA) is 43.8 Å². The van der Waals surface area contributed by atoms with Crippen LogP contribution in [0.3, 0.4) is 0 Å². The van der Waals surface area contributed by atoms with Crippen molar-refractivity contribution in [1.29, 1.82) is 0 Å². The fourth-order valence-electron chi connectivity index (χ4n) is 1.26. The van der Waals surface area contributed by atoms with Crippen LogP contribution in [0.15, 0.2) is 6.20 Å². The second-order valence-corrected chi connectivity index (χ2v) is 4.61. The fraction of sp³-hybridized carbons (Fsp3) is 0.667. The molecule has 0 bridgehead atoms. The quantitative estimate of drug-likeness (QED) is 0.871. The number of nitrogen functional groups attached to an aromatic ring is 1. The average molecular weight is 293 g/mol. The Bertz CT molecular complexity index is 282. The summed E-state index contributed by atoms with van der Waals surface area (Å²) in [6, 6.07) is 0.383. The van der Waals surface area contributed by atoms with E-state index in [1.165, 1.54) is 0 Å². The fourth-order valence-corrected chi connectivity index (χ4v) is 1.63. The van der Waals surface area contributed by atoms with Crippen LogP contribution in [0.25, 0.3) is 0 Å². The first-order valence-electron chi connectivity index (χ1n) is 4.56. The van der Waals surface area contributed by atoms with E-state index in [1.807, 2.05) is 10.9 Å². The average Bonchev–Trinajstić information content (AvgIpc) is 2.45. The van der Waals surface area contributed by atoms with E-state index >= 15 is 0 Å². The maximum absolute atomic E-state index is 5.89. The number of hydrogen-bond donors (Lipinski definition) is 1. The van der Waals surface area contributed by atoms with Crippen LogP contribution >= 0.6 is 22.6 Å². The summed E-state index contributed by atoms with van der Waals surface area (Å²) < 4.78 is 2.95. The first-order chi connectivity index (χ1) is 6.07. The van der Waals surface area contributed by atoms with Crippen molar-refractivity contribution in [2.24, 2.45) is 5.92 Å². The Morgan fingerprint density at radius 3 is 2.62 bits per heavy atom. The Labute approximate surface area is 92.8 Å². The minimum atomic E-state index is 0.383. The molecule has 1 rings (SSSR count). The number of halogens is 1. The lowest BCUT2D eigenvalue weighted by molar-refractivity contribution is 0.347. The van der Waals surface area contributed by atoms with Crippen molar-refractivity contribution in [2.75, 3.05) is 5.73 Å². The highest BCUT2D eigenvalue weighted by atomic mass is 127. The zero-order valence-corrected chi connectivity index (χ0v) is 10.4. The Morgan fingerprint density at radius 1 is 1.62 bits per heavy atom. The van der Waals surface area contributed by atoms with Gasteiger partial charge in [0.1, 0.15) is 5.82 Å². The van der Waals surface area contributed by atoms with Crippen molar-refractivity contribution >= 4 is 28.4 Å². The molecule has 1 heterocycles. The Kier molecular flexibility index (Phi) is 3.58. The largest absolute Gasteiger partial charge is 0.383 e. The summed E-state index contributed by atoms with van der Waals surface area (Å²) in [6.45, 7) is 6.57. The van der Waals surface area contributed by atoms with Crippen molar-refractivity contribution < 1.29 is 0 Å². The summed E-state index contributed by atoms with van der Waals surface area (Å²) in [6.07, 6.45) is 2.96. The summed E-state index contributed by atoms with van der Waals surface area (Å²) in [5.74, 6) is 1.39. The van der Waals surface area contributed by atoms with Gasteiger partial charge in [0.25, 0.3) is 0 Å². The highest BCUT2D eigenvalue weighted by Gasteiger charge is 2.16. The molecule has 2 atom stereocenters. The third-order valence-electron chi connectivity index (χ3n) is 2.64. The van der Waals surface area contributed by atoms with E-state index in [0.717, 1.165) is 15.8 Å². The van der Waals surface area contributed by atoms with Gasteiger partial charge in [0, 0.05) is 0 Å². The lowest BCUT2D eigenvalue weighted by Gasteiger charge is -2.19. The highest BCUT2D eigenvalue weighted by molar-refractivity contribution is 14.1. The van der Waals surface area contributed by atoms with Crippen molar-refractivity contribution in [1.82, 2.24) is 9.78 Å². The SMILES string of the molecule is CCC(C)C(C)n1ncc(I)c1N. The third kappa shape index (κ3) is 2.15. The molecule has 0 saturated carbocycles. The third-order valence-corrected chi connectivity index (χ3v) is 3.47. The molecule has 0 fully saturated rings. The predicted molar refractivity (Wildman–Crippen MR) is 63.5 cm³/mol. The second kappa shape index (κ2) is 4.30. The van der Waals surface area contributed by atoms with Gasteiger partial charge < -0.3 is 5.73 Å². The summed E-state index contributed by atoms with van der Waals surface area (Å²) in [7, 11) is 0. The molecule has 1 aromatic rings. The molecule has 0 radical (unpaired) electrons. The molecule has 74 valence electrons. The van der Waals surface area contributed by atoms with Gasteiger partial charge in [-0.15, -0.1) is 0 Å². The second-order valence-electron chi connectivity index (χ2n) is 3.45. The Morgan fingerprint density at radius 2 is 2.23 bits per heavy atom. The zero-order valence-electron chi connectivity index (χ0n) is 8.29. The lowest BCUT2D eigenvalue weighted by Crippen LogP contribution is -2.16. The standard InChI is InChI=1S/C9H16IN3/c1-4-6(2)7(3)13-9(11)8(10)5-12-13/h5-7H,4,11H2,1-3H3. The molecular weight excluding hydrogens is 277 g/mol. The van der Waals surface area contributed by atoms with E-state index in [1.54, 1.807) is 0 Å². The number of aromatic nitrogens is 2. The molecule has 0 amide bonds. The predicted octanol–water partition coefficient (Wildman–Crippen LogP) is 2.68. The Balaban J connectivity index is 2.88. The molecule has 0 spiro atoms. The van der Waals surface area contributed by atoms with Gasteiger partial charge in [0.15, 0.2) is 0 Å². The van der Waals surface area contributed by atoms with Crippen LogP contribution < -0.4 is 5.73 Å². The number of anilines is 1. The molecule has 0 aliphatic carbocycles. The van der Waals surface area contributed by atoms with Gasteiger partial charge in [-0.1, -0.05) is 20.3 Å². The van der Waals surface area contributed by atoms with Crippen molar-refractivity contribution in [3.05, 3.63) is 9.77 Å². The molecule has 0 aliphatic heterocycles. The van der Waals surface area contributed by atoms with Gasteiger partial charge in [-0.25, -0.2) is 4.68 Å². The number of hydrogen-bond acceptors (Lipinski definition) is 2. The van der Waals surface area contributed by atoms with Gasteiger partial charge in [-0.05, 0) is 35.4 Å². The number of nitrogens with zero attached hydrogens (tertiary/aromatic N) is 2. The first-order valence-corrected chi connectivity index (χ1v) is 5.64. The van der Waals surface area contributed by atoms with E-state index in [4.69, 9.17) is 5.73 Å². The summed E-state index contributed by atoms with van der Waals surface area (Å²) in [5, 5.41) is 4.27. The van der Waals surface area contributed by atoms with Crippen LogP contribution in [0, 0.1) is 9.49 Å². The molecule has 1 aromatic heterocycles. The van der Waals surface area contributed by atoms with Crippen LogP contribution in [-0.4, -0.2) is 9.78 Å². The van der Waals surface area contributed by atoms with E-state index in [9.17, 15) is 0 Å². The monoisotopic (exact) mass is 293 g/mol. The van der Waals surface area contributed by atoms with Crippen LogP contribution in [0.5, 0.6) is 0 Å². The molecule has 13 heavy (non-hydrogen) atoms. The molecule has 0 aromatic carbocycles. The molecule has 0 aliphatic rings. The number of rotatable bonds is 3. The van der Waals surface area contributed by atoms with Crippen LogP contribution in [-0.2, 0) is 0 Å². The number of nitrogens with two attached hydrogens (primary N) is 1. The van der Waals surface area contributed by atoms with Crippen molar-refractivity contribution in [2.45, 2.75) is 33.2 Å². The van der Waals surface area contributed by atoms with E-state index < -0.39 is 0 Å². The van der Waals surface area contributed by atoms with Gasteiger partial charge in [0.2, 0.25) is 0 Å². The zero-order chi connectivity index (χ0) is 10.0. The van der Waals surface area contributed by atoms with Gasteiger partial charge in [-0.3, -0.25) is 0 Å². The molecule has 2 unspecified atom stereocenters. The molecule has 3 nitrogen and oxygen atoms in total. The summed E-state index contributed by atoms with van der Waals surface area (Å²) in [5.41, 5.74) is 5.89. The Hall–Kier alpha value is -0.260.